The number of carbonyl (C=O) groups excluding carboxylic acids is 1. The Morgan fingerprint density at radius 2 is 1.63 bits per heavy atom. The van der Waals surface area contributed by atoms with E-state index in [1.54, 1.807) is 6.07 Å². The molecule has 2 heterocycles. The van der Waals surface area contributed by atoms with Crippen molar-refractivity contribution in [2.75, 3.05) is 32.4 Å². The monoisotopic (exact) mass is 603 g/mol. The second-order valence-electron chi connectivity index (χ2n) is 9.70. The van der Waals surface area contributed by atoms with E-state index < -0.39 is 26.0 Å². The fraction of sp³-hybridized carbons (Fsp3) is 0.480. The van der Waals surface area contributed by atoms with Gasteiger partial charge in [0.15, 0.2) is 9.84 Å². The van der Waals surface area contributed by atoms with E-state index >= 15 is 0 Å². The lowest BCUT2D eigenvalue weighted by atomic mass is 10.00. The average Bonchev–Trinajstić information content (AvgIpc) is 2.89. The molecule has 0 radical (unpaired) electrons. The molecule has 0 unspecified atom stereocenters. The van der Waals surface area contributed by atoms with Crippen molar-refractivity contribution in [3.8, 4) is 5.75 Å². The first-order valence-electron chi connectivity index (χ1n) is 12.3. The van der Waals surface area contributed by atoms with Gasteiger partial charge in [-0.3, -0.25) is 4.79 Å². The summed E-state index contributed by atoms with van der Waals surface area (Å²) in [7, 11) is -7.59. The second-order valence-corrected chi connectivity index (χ2v) is 14.2. The summed E-state index contributed by atoms with van der Waals surface area (Å²) in [6.45, 7) is 4.15. The van der Waals surface area contributed by atoms with Gasteiger partial charge in [0, 0.05) is 49.6 Å². The first-order chi connectivity index (χ1) is 17.8. The number of nitrogens with zero attached hydrogens (tertiary/aromatic N) is 2. The number of hydrogen-bond acceptors (Lipinski definition) is 7. The van der Waals surface area contributed by atoms with Crippen molar-refractivity contribution in [1.82, 2.24) is 13.9 Å². The van der Waals surface area contributed by atoms with Crippen LogP contribution in [0.3, 0.4) is 0 Å². The molecular weight excluding hydrogens is 573 g/mol. The summed E-state index contributed by atoms with van der Waals surface area (Å²) in [4.78, 5) is 14.9. The number of nitrogens with one attached hydrogen (secondary N) is 1. The molecule has 0 spiro atoms. The van der Waals surface area contributed by atoms with Gasteiger partial charge in [0.05, 0.1) is 14.9 Å². The van der Waals surface area contributed by atoms with E-state index in [1.165, 1.54) is 28.6 Å². The summed E-state index contributed by atoms with van der Waals surface area (Å²) < 4.78 is 58.8. The fourth-order valence-electron chi connectivity index (χ4n) is 4.86. The number of piperidine rings is 2. The predicted molar refractivity (Wildman–Crippen MR) is 147 cm³/mol. The number of sulfone groups is 1. The Hall–Kier alpha value is -1.89. The van der Waals surface area contributed by atoms with Gasteiger partial charge in [-0.1, -0.05) is 29.3 Å². The largest absolute Gasteiger partial charge is 0.490 e. The first kappa shape index (κ1) is 29.1. The number of ether oxygens (including phenoxy) is 1. The van der Waals surface area contributed by atoms with Gasteiger partial charge in [0.2, 0.25) is 0 Å². The van der Waals surface area contributed by atoms with Crippen molar-refractivity contribution in [1.29, 1.82) is 0 Å². The average molecular weight is 605 g/mol. The molecule has 2 aromatic carbocycles. The maximum atomic E-state index is 12.9. The maximum Gasteiger partial charge on any atom is 0.304 e. The van der Waals surface area contributed by atoms with Crippen molar-refractivity contribution in [3.05, 3.63) is 57.6 Å². The highest BCUT2D eigenvalue weighted by Crippen LogP contribution is 2.34. The molecule has 2 saturated heterocycles. The zero-order valence-corrected chi connectivity index (χ0v) is 24.3. The quantitative estimate of drug-likeness (QED) is 0.513. The van der Waals surface area contributed by atoms with Crippen LogP contribution in [0.2, 0.25) is 10.0 Å². The van der Waals surface area contributed by atoms with Gasteiger partial charge in [-0.15, -0.1) is 0 Å². The SMILES string of the molecule is Cc1c(OC2CCN(C3CCN(S(=O)(=O)NC(=O)c4cccc(S(C)(=O)=O)c4)CC3)CC2)ccc(Cl)c1Cl. The Morgan fingerprint density at radius 1 is 0.974 bits per heavy atom. The van der Waals surface area contributed by atoms with Crippen molar-refractivity contribution in [2.45, 2.75) is 49.6 Å². The fourth-order valence-corrected chi connectivity index (χ4v) is 7.06. The summed E-state index contributed by atoms with van der Waals surface area (Å²) in [5.74, 6) is -0.127. The Labute approximate surface area is 234 Å². The van der Waals surface area contributed by atoms with Gasteiger partial charge in [-0.05, 0) is 62.9 Å². The minimum absolute atomic E-state index is 0.0347. The van der Waals surface area contributed by atoms with Gasteiger partial charge in [0.25, 0.3) is 5.91 Å². The van der Waals surface area contributed by atoms with Crippen LogP contribution >= 0.6 is 23.2 Å². The van der Waals surface area contributed by atoms with Crippen LogP contribution in [0.5, 0.6) is 5.75 Å². The molecule has 4 rings (SSSR count). The highest BCUT2D eigenvalue weighted by Gasteiger charge is 2.33. The molecule has 2 aromatic rings. The van der Waals surface area contributed by atoms with Crippen LogP contribution in [-0.2, 0) is 20.0 Å². The lowest BCUT2D eigenvalue weighted by molar-refractivity contribution is 0.0581. The standard InChI is InChI=1S/C25H31Cl2N3O6S2/c1-17-23(7-6-22(26)24(17)27)36-20-10-12-29(13-11-20)19-8-14-30(15-9-19)38(34,35)28-25(31)18-4-3-5-21(16-18)37(2,32)33/h3-7,16,19-20H,8-15H2,1-2H3,(H,28,31). The molecule has 2 fully saturated rings. The smallest absolute Gasteiger partial charge is 0.304 e. The Morgan fingerprint density at radius 3 is 2.26 bits per heavy atom. The second kappa shape index (κ2) is 11.7. The molecule has 1 amide bonds. The number of benzene rings is 2. The molecule has 208 valence electrons. The molecule has 0 atom stereocenters. The highest BCUT2D eigenvalue weighted by atomic mass is 35.5. The topological polar surface area (TPSA) is 113 Å². The van der Waals surface area contributed by atoms with E-state index in [9.17, 15) is 21.6 Å². The highest BCUT2D eigenvalue weighted by molar-refractivity contribution is 7.90. The lowest BCUT2D eigenvalue weighted by Crippen LogP contribution is -2.52. The molecular formula is C25H31Cl2N3O6S2. The summed E-state index contributed by atoms with van der Waals surface area (Å²) in [6, 6.07) is 9.13. The lowest BCUT2D eigenvalue weighted by Gasteiger charge is -2.41. The Kier molecular flexibility index (Phi) is 8.95. The van der Waals surface area contributed by atoms with Crippen molar-refractivity contribution in [3.63, 3.8) is 0 Å². The summed E-state index contributed by atoms with van der Waals surface area (Å²) >= 11 is 12.3. The first-order valence-corrected chi connectivity index (χ1v) is 16.4. The molecule has 0 saturated carbocycles. The van der Waals surface area contributed by atoms with E-state index in [1.807, 2.05) is 13.0 Å². The van der Waals surface area contributed by atoms with Gasteiger partial charge in [-0.2, -0.15) is 12.7 Å². The summed E-state index contributed by atoms with van der Waals surface area (Å²) in [6.07, 6.45) is 4.09. The molecule has 2 aliphatic heterocycles. The molecule has 0 aromatic heterocycles. The third-order valence-electron chi connectivity index (χ3n) is 7.09. The van der Waals surface area contributed by atoms with Crippen LogP contribution in [0.25, 0.3) is 0 Å². The normalized spacial score (nSPS) is 18.8. The van der Waals surface area contributed by atoms with E-state index in [0.29, 0.717) is 22.9 Å². The molecule has 13 heteroatoms. The molecule has 0 bridgehead atoms. The maximum absolute atomic E-state index is 12.9. The third-order valence-corrected chi connectivity index (χ3v) is 10.6. The molecule has 9 nitrogen and oxygen atoms in total. The van der Waals surface area contributed by atoms with Gasteiger partial charge >= 0.3 is 10.2 Å². The van der Waals surface area contributed by atoms with Crippen LogP contribution in [0.1, 0.15) is 41.6 Å². The van der Waals surface area contributed by atoms with E-state index in [-0.39, 0.29) is 35.7 Å². The number of hydrogen-bond donors (Lipinski definition) is 1. The minimum Gasteiger partial charge on any atom is -0.490 e. The van der Waals surface area contributed by atoms with Crippen LogP contribution in [0.15, 0.2) is 41.3 Å². The van der Waals surface area contributed by atoms with E-state index in [4.69, 9.17) is 27.9 Å². The van der Waals surface area contributed by atoms with Gasteiger partial charge in [-0.25, -0.2) is 13.1 Å². The molecule has 38 heavy (non-hydrogen) atoms. The van der Waals surface area contributed by atoms with Crippen LogP contribution in [0, 0.1) is 6.92 Å². The zero-order valence-electron chi connectivity index (χ0n) is 21.2. The number of carbonyl (C=O) groups is 1. The van der Waals surface area contributed by atoms with Gasteiger partial charge in [0.1, 0.15) is 11.9 Å². The van der Waals surface area contributed by atoms with Crippen molar-refractivity contribution < 1.29 is 26.4 Å². The molecule has 2 aliphatic rings. The summed E-state index contributed by atoms with van der Waals surface area (Å²) in [5, 5.41) is 1.00. The third kappa shape index (κ3) is 6.81. The van der Waals surface area contributed by atoms with Crippen molar-refractivity contribution >= 4 is 49.2 Å². The summed E-state index contributed by atoms with van der Waals surface area (Å²) in [5.41, 5.74) is 0.790. The van der Waals surface area contributed by atoms with Gasteiger partial charge < -0.3 is 9.64 Å². The molecule has 0 aliphatic carbocycles. The van der Waals surface area contributed by atoms with Crippen LogP contribution < -0.4 is 9.46 Å². The van der Waals surface area contributed by atoms with E-state index in [2.05, 4.69) is 9.62 Å². The van der Waals surface area contributed by atoms with Crippen molar-refractivity contribution in [2.24, 2.45) is 0 Å². The number of rotatable bonds is 7. The number of amides is 1. The van der Waals surface area contributed by atoms with Crippen LogP contribution in [-0.4, -0.2) is 76.5 Å². The Bertz CT molecular complexity index is 1400. The zero-order chi connectivity index (χ0) is 27.7. The predicted octanol–water partition coefficient (Wildman–Crippen LogP) is 3.69. The number of likely N-dealkylation sites (tertiary alicyclic amines) is 1. The number of halogens is 2. The Balaban J connectivity index is 1.27. The molecule has 1 N–H and O–H groups in total. The van der Waals surface area contributed by atoms with Crippen LogP contribution in [0.4, 0.5) is 0 Å². The minimum atomic E-state index is -4.06. The van der Waals surface area contributed by atoms with E-state index in [0.717, 1.165) is 43.5 Å².